The predicted octanol–water partition coefficient (Wildman–Crippen LogP) is 23.6. The van der Waals surface area contributed by atoms with E-state index in [0.717, 1.165) is 38.5 Å². The maximum absolute atomic E-state index is 13.1. The minimum atomic E-state index is -1.98. The molecule has 0 amide bonds. The summed E-state index contributed by atoms with van der Waals surface area (Å²) in [5.74, 6) is -0.858. The number of esters is 2. The molecule has 7 atom stereocenters. The van der Waals surface area contributed by atoms with Crippen LogP contribution in [0.25, 0.3) is 0 Å². The fourth-order valence-corrected chi connectivity index (χ4v) is 15.7. The highest BCUT2D eigenvalue weighted by molar-refractivity contribution is 14.1. The lowest BCUT2D eigenvalue weighted by Gasteiger charge is -2.39. The first-order valence-corrected chi connectivity index (χ1v) is 57.0. The molecule has 1 heterocycles. The van der Waals surface area contributed by atoms with Crippen LogP contribution in [0.3, 0.4) is 0 Å². The highest BCUT2D eigenvalue weighted by Gasteiger charge is 2.45. The van der Waals surface area contributed by atoms with E-state index in [9.17, 15) is 28.8 Å². The van der Waals surface area contributed by atoms with Gasteiger partial charge in [0.2, 0.25) is 0 Å². The first kappa shape index (κ1) is 107. The summed E-state index contributed by atoms with van der Waals surface area (Å²) >= 11 is 4.12. The Morgan fingerprint density at radius 1 is 0.562 bits per heavy atom. The molecule has 1 fully saturated rings. The van der Waals surface area contributed by atoms with Gasteiger partial charge in [-0.1, -0.05) is 226 Å². The second-order valence-electron chi connectivity index (χ2n) is 35.3. The Morgan fingerprint density at radius 2 is 0.962 bits per heavy atom. The molecule has 0 bridgehead atoms. The minimum Gasteiger partial charge on any atom is -0.469 e. The Morgan fingerprint density at radius 3 is 1.33 bits per heavy atom. The summed E-state index contributed by atoms with van der Waals surface area (Å²) in [7, 11) is -1.74. The van der Waals surface area contributed by atoms with E-state index in [-0.39, 0.29) is 105 Å². The molecule has 2 aliphatic rings. The van der Waals surface area contributed by atoms with Gasteiger partial charge in [-0.25, -0.2) is 0 Å². The SMILES string of the molecule is CCCCCC(/C=C/Cc1cccs1)O[Si](C)(C)C(C)(C)C.CCCCCC(/C=C/I)O[Si](C)(C)C(C)(C)C.CCCCCC(/C=C/[C@H]1C(OC(C)(C)C)CC(=O)[C@@H]1CC(=O)CCCCC(=O)OC)O[Si](C)(C)C(C)(C)C.COC(=O)CCCCC(=O)CC1=CC(OC(C)(C)C)CC1=O.C[SiH2]C.C[SiH2]C. The van der Waals surface area contributed by atoms with Gasteiger partial charge in [0.15, 0.2) is 30.7 Å². The van der Waals surface area contributed by atoms with Gasteiger partial charge in [0.1, 0.15) is 17.3 Å². The Bertz CT molecular complexity index is 2630. The number of methoxy groups -OCH3 is 2. The maximum Gasteiger partial charge on any atom is 0.305 e. The van der Waals surface area contributed by atoms with Crippen molar-refractivity contribution in [1.29, 1.82) is 0 Å². The Labute approximate surface area is 671 Å². The van der Waals surface area contributed by atoms with Gasteiger partial charge >= 0.3 is 11.9 Å². The molecule has 13 nitrogen and oxygen atoms in total. The number of thiophene rings is 1. The normalized spacial score (nSPS) is 17.6. The third-order valence-corrected chi connectivity index (χ3v) is 34.3. The van der Waals surface area contributed by atoms with E-state index in [4.69, 9.17) is 22.8 Å². The summed E-state index contributed by atoms with van der Waals surface area (Å²) in [6.45, 7) is 62.1. The number of ketones is 4. The Hall–Kier alpha value is -2.11. The van der Waals surface area contributed by atoms with E-state index in [0.29, 0.717) is 100.0 Å². The van der Waals surface area contributed by atoms with Crippen LogP contribution in [0.1, 0.15) is 284 Å². The van der Waals surface area contributed by atoms with E-state index in [1.165, 1.54) is 64.0 Å². The number of carbonyl (C=O) groups excluding carboxylic acids is 6. The largest absolute Gasteiger partial charge is 0.469 e. The zero-order chi connectivity index (χ0) is 81.5. The van der Waals surface area contributed by atoms with Crippen molar-refractivity contribution in [2.24, 2.45) is 11.8 Å². The summed E-state index contributed by atoms with van der Waals surface area (Å²) in [6.07, 6.45) is 33.4. The predicted molar refractivity (Wildman–Crippen MR) is 472 cm³/mol. The molecular formula is C85H161IO13SSi5. The molecule has 105 heavy (non-hydrogen) atoms. The number of ether oxygens (including phenoxy) is 4. The molecule has 3 rings (SSSR count). The van der Waals surface area contributed by atoms with Gasteiger partial charge in [0.05, 0.1) is 55.9 Å². The molecule has 1 aromatic heterocycles. The third kappa shape index (κ3) is 52.0. The second kappa shape index (κ2) is 56.2. The lowest BCUT2D eigenvalue weighted by molar-refractivity contribution is -0.141. The standard InChI is InChI=1S/C31H56O6Si.C19H34OSSi.C17H26O5.C14H29IOSi.2C2H8Si/c1-11-12-13-17-24(37-38(9,10)31(5,6)7)19-20-25-26(27(33)22-28(25)36-30(2,3)4)21-23(32)16-14-15-18-29(34)35-8;1-7-8-9-12-17(20-22(5,6)19(2,3)4)13-10-14-18-15-11-16-21-18;1-17(2,3)22-14-10-12(15(19)11-14)9-13(18)7-5-6-8-16(20)21-4;1-7-8-9-10-13(11-12-15)16-17(5,6)14(2,3)4;2*1-3-2/h19-20,24-26,28H,11-18,21-22H2,1-10H3;10-11,13,15-17H,7-9,12,14H2,1-6H3;10,14H,5-9,11H2,1-4H3;11-13H,7-10H2,1-6H3;2*3H2,1-2H3/b20-19+;13-10+;;12-11+;;/t24?,25-,26-,28?;;;;;/m1...../s1. The molecule has 1 saturated carbocycles. The summed E-state index contributed by atoms with van der Waals surface area (Å²) in [4.78, 5) is 73.5. The van der Waals surface area contributed by atoms with Gasteiger partial charge < -0.3 is 32.2 Å². The zero-order valence-electron chi connectivity index (χ0n) is 73.0. The molecule has 0 N–H and O–H groups in total. The third-order valence-electron chi connectivity index (χ3n) is 19.4. The molecular weight excluding hydrogens is 1530 g/mol. The van der Waals surface area contributed by atoms with Crippen molar-refractivity contribution in [2.45, 2.75) is 407 Å². The van der Waals surface area contributed by atoms with Crippen LogP contribution in [0.2, 0.25) is 80.6 Å². The van der Waals surface area contributed by atoms with Crippen molar-refractivity contribution in [1.82, 2.24) is 0 Å². The van der Waals surface area contributed by atoms with Crippen LogP contribution in [0.4, 0.5) is 0 Å². The molecule has 2 aliphatic carbocycles. The van der Waals surface area contributed by atoms with E-state index < -0.39 is 25.0 Å². The smallest absolute Gasteiger partial charge is 0.305 e. The molecule has 0 aromatic carbocycles. The molecule has 0 spiro atoms. The number of rotatable bonds is 40. The number of unbranched alkanes of at least 4 members (excludes halogenated alkanes) is 8. The Balaban J connectivity index is -0.00000134. The molecule has 0 radical (unpaired) electrons. The highest BCUT2D eigenvalue weighted by atomic mass is 127. The van der Waals surface area contributed by atoms with Crippen molar-refractivity contribution in [2.75, 3.05) is 14.2 Å². The van der Waals surface area contributed by atoms with E-state index >= 15 is 0 Å². The fraction of sp³-hybridized carbons (Fsp3) is 0.788. The zero-order valence-corrected chi connectivity index (χ0v) is 81.8. The van der Waals surface area contributed by atoms with Gasteiger partial charge in [-0.2, -0.15) is 0 Å². The molecule has 5 unspecified atom stereocenters. The lowest BCUT2D eigenvalue weighted by Crippen LogP contribution is -2.43. The lowest BCUT2D eigenvalue weighted by atomic mass is 9.87. The van der Waals surface area contributed by atoms with Crippen molar-refractivity contribution >= 4 is 113 Å². The van der Waals surface area contributed by atoms with Crippen LogP contribution in [0, 0.1) is 11.8 Å². The molecule has 0 saturated heterocycles. The van der Waals surface area contributed by atoms with Crippen LogP contribution < -0.4 is 0 Å². The number of halogens is 1. The average molecular weight is 1690 g/mol. The van der Waals surface area contributed by atoms with Crippen molar-refractivity contribution < 1.29 is 61.0 Å². The van der Waals surface area contributed by atoms with Crippen LogP contribution in [0.5, 0.6) is 0 Å². The summed E-state index contributed by atoms with van der Waals surface area (Å²) in [5.41, 5.74) is -0.135. The number of hydrogen-bond acceptors (Lipinski definition) is 14. The summed E-state index contributed by atoms with van der Waals surface area (Å²) < 4.78 is 43.3. The minimum absolute atomic E-state index is 0.00263. The molecule has 20 heteroatoms. The van der Waals surface area contributed by atoms with Crippen LogP contribution >= 0.6 is 33.9 Å². The maximum atomic E-state index is 13.1. The van der Waals surface area contributed by atoms with E-state index in [1.54, 1.807) is 6.08 Å². The molecule has 612 valence electrons. The van der Waals surface area contributed by atoms with Gasteiger partial charge in [0.25, 0.3) is 0 Å². The number of hydrogen-bond donors (Lipinski definition) is 0. The number of carbonyl (C=O) groups is 6. The van der Waals surface area contributed by atoms with Crippen LogP contribution in [-0.2, 0) is 67.4 Å². The highest BCUT2D eigenvalue weighted by Crippen LogP contribution is 2.42. The number of allylic oxidation sites excluding steroid dienone is 2. The Kier molecular flexibility index (Phi) is 57.3. The van der Waals surface area contributed by atoms with Crippen molar-refractivity contribution in [3.63, 3.8) is 0 Å². The van der Waals surface area contributed by atoms with E-state index in [2.05, 4.69) is 233 Å². The van der Waals surface area contributed by atoms with E-state index in [1.807, 2.05) is 52.9 Å². The van der Waals surface area contributed by atoms with Gasteiger partial charge in [-0.3, -0.25) is 28.8 Å². The molecule has 1 aromatic rings. The molecule has 0 aliphatic heterocycles. The monoisotopic (exact) mass is 1690 g/mol. The average Bonchev–Trinajstić information content (AvgIpc) is 1.76. The van der Waals surface area contributed by atoms with Gasteiger partial charge in [-0.05, 0) is 169 Å². The second-order valence-corrected chi connectivity index (χ2v) is 54.2. The summed E-state index contributed by atoms with van der Waals surface area (Å²) in [5, 5.41) is 2.83. The van der Waals surface area contributed by atoms with Gasteiger partial charge in [-0.15, -0.1) is 11.3 Å². The number of Topliss-reactive ketones (excluding diaryl/α,β-unsaturated/α-hetero) is 4. The van der Waals surface area contributed by atoms with Crippen LogP contribution in [0.15, 0.2) is 63.6 Å². The van der Waals surface area contributed by atoms with Gasteiger partial charge in [0, 0.05) is 92.7 Å². The first-order valence-electron chi connectivity index (χ1n) is 40.5. The topological polar surface area (TPSA) is 167 Å². The van der Waals surface area contributed by atoms with Crippen molar-refractivity contribution in [3.8, 4) is 0 Å². The fourth-order valence-electron chi connectivity index (χ4n) is 10.6. The first-order chi connectivity index (χ1) is 48.5. The quantitative estimate of drug-likeness (QED) is 0.0200. The summed E-state index contributed by atoms with van der Waals surface area (Å²) in [6, 6.07) is 4.33. The van der Waals surface area contributed by atoms with Crippen LogP contribution in [-0.4, -0.2) is 135 Å². The van der Waals surface area contributed by atoms with Crippen molar-refractivity contribution in [3.05, 3.63) is 68.5 Å².